The summed E-state index contributed by atoms with van der Waals surface area (Å²) >= 11 is 10.9. The van der Waals surface area contributed by atoms with E-state index in [0.29, 0.717) is 16.1 Å². The number of alkyl halides is 3. The van der Waals surface area contributed by atoms with Gasteiger partial charge in [0.2, 0.25) is 0 Å². The van der Waals surface area contributed by atoms with Gasteiger partial charge in [-0.2, -0.15) is 13.2 Å². The molecule has 0 aromatic heterocycles. The third-order valence-electron chi connectivity index (χ3n) is 2.82. The molecule has 0 aliphatic heterocycles. The third-order valence-corrected chi connectivity index (χ3v) is 3.41. The van der Waals surface area contributed by atoms with Crippen LogP contribution < -0.4 is 5.73 Å². The number of rotatable bonds is 5. The Balaban J connectivity index is 2.92. The molecule has 112 valence electrons. The molecule has 0 saturated carbocycles. The van der Waals surface area contributed by atoms with Crippen LogP contribution in [0.4, 0.5) is 13.2 Å². The first-order valence-corrected chi connectivity index (χ1v) is 6.78. The van der Waals surface area contributed by atoms with Crippen LogP contribution in [0.1, 0.15) is 25.0 Å². The molecule has 0 atom stereocenters. The summed E-state index contributed by atoms with van der Waals surface area (Å²) in [5.41, 5.74) is 6.69. The predicted molar refractivity (Wildman–Crippen MR) is 78.9 cm³/mol. The van der Waals surface area contributed by atoms with Crippen LogP contribution in [-0.2, 0) is 6.54 Å². The van der Waals surface area contributed by atoms with Gasteiger partial charge in [-0.15, -0.1) is 0 Å². The Bertz CT molecular complexity index is 489. The number of hydrogen-bond acceptors (Lipinski definition) is 2. The van der Waals surface area contributed by atoms with Crippen LogP contribution in [0.15, 0.2) is 18.2 Å². The van der Waals surface area contributed by atoms with Crippen molar-refractivity contribution in [2.45, 2.75) is 32.6 Å². The Morgan fingerprint density at radius 2 is 2.00 bits per heavy atom. The molecule has 0 heterocycles. The molecular formula is C13H16ClF3N2S. The molecule has 0 spiro atoms. The molecule has 0 saturated heterocycles. The smallest absolute Gasteiger partial charge is 0.389 e. The lowest BCUT2D eigenvalue weighted by atomic mass is 10.1. The quantitative estimate of drug-likeness (QED) is 0.836. The largest absolute Gasteiger partial charge is 0.401 e. The number of thiocarbonyl (C=S) groups is 1. The molecule has 0 amide bonds. The van der Waals surface area contributed by atoms with Crippen LogP contribution in [0.25, 0.3) is 0 Å². The van der Waals surface area contributed by atoms with Gasteiger partial charge in [-0.25, -0.2) is 0 Å². The summed E-state index contributed by atoms with van der Waals surface area (Å²) in [7, 11) is 0. The zero-order valence-electron chi connectivity index (χ0n) is 11.2. The lowest BCUT2D eigenvalue weighted by Gasteiger charge is -2.27. The lowest BCUT2D eigenvalue weighted by Crippen LogP contribution is -2.38. The molecular weight excluding hydrogens is 309 g/mol. The molecule has 0 aliphatic rings. The van der Waals surface area contributed by atoms with Crippen molar-refractivity contribution in [3.63, 3.8) is 0 Å². The summed E-state index contributed by atoms with van der Waals surface area (Å²) in [6.07, 6.45) is -4.24. The summed E-state index contributed by atoms with van der Waals surface area (Å²) in [5.74, 6) is 0. The van der Waals surface area contributed by atoms with Crippen LogP contribution in [-0.4, -0.2) is 28.7 Å². The number of hydrogen-bond donors (Lipinski definition) is 1. The van der Waals surface area contributed by atoms with E-state index in [0.717, 1.165) is 0 Å². The van der Waals surface area contributed by atoms with E-state index in [-0.39, 0.29) is 17.6 Å². The van der Waals surface area contributed by atoms with Crippen molar-refractivity contribution in [3.8, 4) is 0 Å². The second-order valence-corrected chi connectivity index (χ2v) is 5.63. The van der Waals surface area contributed by atoms with Gasteiger partial charge in [-0.1, -0.05) is 36.0 Å². The number of nitrogens with two attached hydrogens (primary N) is 1. The monoisotopic (exact) mass is 324 g/mol. The van der Waals surface area contributed by atoms with Crippen molar-refractivity contribution in [1.82, 2.24) is 4.90 Å². The van der Waals surface area contributed by atoms with Crippen molar-refractivity contribution >= 4 is 28.8 Å². The summed E-state index contributed by atoms with van der Waals surface area (Å²) in [5, 5.41) is 0.364. The van der Waals surface area contributed by atoms with Gasteiger partial charge in [0.1, 0.15) is 4.99 Å². The van der Waals surface area contributed by atoms with Crippen LogP contribution in [0, 0.1) is 0 Å². The van der Waals surface area contributed by atoms with E-state index >= 15 is 0 Å². The van der Waals surface area contributed by atoms with Gasteiger partial charge in [0.05, 0.1) is 6.54 Å². The molecule has 0 bridgehead atoms. The fraction of sp³-hybridized carbons (Fsp3) is 0.462. The van der Waals surface area contributed by atoms with Gasteiger partial charge >= 0.3 is 6.18 Å². The van der Waals surface area contributed by atoms with Crippen LogP contribution >= 0.6 is 23.8 Å². The van der Waals surface area contributed by atoms with Crippen molar-refractivity contribution < 1.29 is 13.2 Å². The summed E-state index contributed by atoms with van der Waals surface area (Å²) in [6.45, 7) is 2.57. The topological polar surface area (TPSA) is 29.3 Å². The fourth-order valence-corrected chi connectivity index (χ4v) is 2.07. The maximum Gasteiger partial charge on any atom is 0.401 e. The first-order valence-electron chi connectivity index (χ1n) is 5.99. The third kappa shape index (κ3) is 5.26. The van der Waals surface area contributed by atoms with E-state index in [1.165, 1.54) is 4.90 Å². The minimum Gasteiger partial charge on any atom is -0.389 e. The standard InChI is InChI=1S/C13H16ClF3N2S/c1-8(2)19(7-13(15,16)17)6-10-4-3-9(12(18)20)5-11(10)14/h3-5,8H,6-7H2,1-2H3,(H2,18,20). The van der Waals surface area contributed by atoms with Crippen molar-refractivity contribution in [2.75, 3.05) is 6.54 Å². The van der Waals surface area contributed by atoms with E-state index in [4.69, 9.17) is 29.6 Å². The van der Waals surface area contributed by atoms with Crippen molar-refractivity contribution in [2.24, 2.45) is 5.73 Å². The van der Waals surface area contributed by atoms with Crippen LogP contribution in [0.3, 0.4) is 0 Å². The SMILES string of the molecule is CC(C)N(Cc1ccc(C(N)=S)cc1Cl)CC(F)(F)F. The summed E-state index contributed by atoms with van der Waals surface area (Å²) in [6, 6.07) is 4.65. The minimum absolute atomic E-state index is 0.119. The van der Waals surface area contributed by atoms with Crippen LogP contribution in [0.2, 0.25) is 5.02 Å². The highest BCUT2D eigenvalue weighted by atomic mass is 35.5. The number of nitrogens with zero attached hydrogens (tertiary/aromatic N) is 1. The Morgan fingerprint density at radius 3 is 2.40 bits per heavy atom. The molecule has 2 nitrogen and oxygen atoms in total. The average molecular weight is 325 g/mol. The molecule has 0 radical (unpaired) electrons. The highest BCUT2D eigenvalue weighted by Gasteiger charge is 2.31. The maximum atomic E-state index is 12.5. The van der Waals surface area contributed by atoms with E-state index in [1.54, 1.807) is 32.0 Å². The molecule has 2 N–H and O–H groups in total. The molecule has 20 heavy (non-hydrogen) atoms. The van der Waals surface area contributed by atoms with Crippen molar-refractivity contribution in [1.29, 1.82) is 0 Å². The van der Waals surface area contributed by atoms with E-state index < -0.39 is 12.7 Å². The Kier molecular flexibility index (Phi) is 5.79. The van der Waals surface area contributed by atoms with Gasteiger partial charge in [-0.05, 0) is 25.5 Å². The summed E-state index contributed by atoms with van der Waals surface area (Å²) in [4.78, 5) is 1.51. The number of benzene rings is 1. The first kappa shape index (κ1) is 17.2. The highest BCUT2D eigenvalue weighted by molar-refractivity contribution is 7.80. The maximum absolute atomic E-state index is 12.5. The summed E-state index contributed by atoms with van der Waals surface area (Å²) < 4.78 is 37.6. The predicted octanol–water partition coefficient (Wildman–Crippen LogP) is 3.75. The van der Waals surface area contributed by atoms with Gasteiger partial charge in [0.15, 0.2) is 0 Å². The molecule has 0 unspecified atom stereocenters. The van der Waals surface area contributed by atoms with E-state index in [2.05, 4.69) is 0 Å². The molecule has 1 aromatic carbocycles. The minimum atomic E-state index is -4.24. The number of halogens is 4. The fourth-order valence-electron chi connectivity index (χ4n) is 1.70. The Labute approximate surface area is 126 Å². The molecule has 1 aromatic rings. The van der Waals surface area contributed by atoms with Gasteiger partial charge in [0.25, 0.3) is 0 Å². The lowest BCUT2D eigenvalue weighted by molar-refractivity contribution is -0.150. The normalized spacial score (nSPS) is 12.2. The molecule has 1 rings (SSSR count). The molecule has 0 fully saturated rings. The van der Waals surface area contributed by atoms with Crippen molar-refractivity contribution in [3.05, 3.63) is 34.3 Å². The zero-order valence-corrected chi connectivity index (χ0v) is 12.7. The average Bonchev–Trinajstić information content (AvgIpc) is 2.28. The molecule has 7 heteroatoms. The Morgan fingerprint density at radius 1 is 1.40 bits per heavy atom. The second kappa shape index (κ2) is 6.74. The Hall–Kier alpha value is -0.850. The van der Waals surface area contributed by atoms with Crippen LogP contribution in [0.5, 0.6) is 0 Å². The second-order valence-electron chi connectivity index (χ2n) is 4.78. The first-order chi connectivity index (χ1) is 9.10. The van der Waals surface area contributed by atoms with Gasteiger partial charge in [-0.3, -0.25) is 4.90 Å². The van der Waals surface area contributed by atoms with E-state index in [1.807, 2.05) is 0 Å². The highest BCUT2D eigenvalue weighted by Crippen LogP contribution is 2.24. The van der Waals surface area contributed by atoms with E-state index in [9.17, 15) is 13.2 Å². The van der Waals surface area contributed by atoms with Gasteiger partial charge in [0, 0.05) is 23.2 Å². The zero-order chi connectivity index (χ0) is 15.5. The molecule has 0 aliphatic carbocycles. The van der Waals surface area contributed by atoms with Gasteiger partial charge < -0.3 is 5.73 Å².